The summed E-state index contributed by atoms with van der Waals surface area (Å²) in [5.41, 5.74) is 0. The summed E-state index contributed by atoms with van der Waals surface area (Å²) in [7, 11) is 0. The molecule has 0 saturated heterocycles. The van der Waals surface area contributed by atoms with Gasteiger partial charge < -0.3 is 4.74 Å². The Bertz CT molecular complexity index is 149. The van der Waals surface area contributed by atoms with Crippen molar-refractivity contribution in [3.63, 3.8) is 0 Å². The number of halogens is 6. The van der Waals surface area contributed by atoms with Crippen molar-refractivity contribution < 1.29 is 9.53 Å². The summed E-state index contributed by atoms with van der Waals surface area (Å²) in [6.45, 7) is 0. The van der Waals surface area contributed by atoms with E-state index in [1.165, 1.54) is 0 Å². The number of hydrogen-bond acceptors (Lipinski definition) is 2. The van der Waals surface area contributed by atoms with Gasteiger partial charge in [0.1, 0.15) is 0 Å². The predicted molar refractivity (Wildman–Crippen MR) is 51.3 cm³/mol. The molecule has 0 unspecified atom stereocenters. The zero-order valence-corrected chi connectivity index (χ0v) is 9.83. The highest BCUT2D eigenvalue weighted by Gasteiger charge is 2.31. The quantitative estimate of drug-likeness (QED) is 0.545. The van der Waals surface area contributed by atoms with Crippen LogP contribution < -0.4 is 0 Å². The first-order valence-electron chi connectivity index (χ1n) is 2.45. The van der Waals surface area contributed by atoms with Crippen LogP contribution in [0.25, 0.3) is 0 Å². The molecule has 0 radical (unpaired) electrons. The van der Waals surface area contributed by atoms with Gasteiger partial charge in [-0.25, -0.2) is 0 Å². The minimum atomic E-state index is -2.12. The SMILES string of the molecule is O=C(CC(Cl)(Cl)Cl)OC(Cl)(Cl)Cl. The van der Waals surface area contributed by atoms with Gasteiger partial charge in [0.25, 0.3) is 0 Å². The molecule has 0 atom stereocenters. The molecular weight excluding hydrogens is 293 g/mol. The van der Waals surface area contributed by atoms with Gasteiger partial charge in [0.15, 0.2) is 0 Å². The van der Waals surface area contributed by atoms with Crippen LogP contribution in [0.15, 0.2) is 0 Å². The van der Waals surface area contributed by atoms with Gasteiger partial charge in [0, 0.05) is 0 Å². The van der Waals surface area contributed by atoms with Gasteiger partial charge in [-0.3, -0.25) is 4.79 Å². The van der Waals surface area contributed by atoms with E-state index in [9.17, 15) is 4.79 Å². The highest BCUT2D eigenvalue weighted by molar-refractivity contribution is 6.68. The Balaban J connectivity index is 3.92. The van der Waals surface area contributed by atoms with E-state index >= 15 is 0 Å². The molecule has 0 saturated carbocycles. The second-order valence-electron chi connectivity index (χ2n) is 1.71. The van der Waals surface area contributed by atoms with E-state index in [0.29, 0.717) is 0 Å². The lowest BCUT2D eigenvalue weighted by molar-refractivity contribution is -0.144. The van der Waals surface area contributed by atoms with Crippen molar-refractivity contribution >= 4 is 75.6 Å². The van der Waals surface area contributed by atoms with Gasteiger partial charge >= 0.3 is 9.95 Å². The van der Waals surface area contributed by atoms with Crippen molar-refractivity contribution in [1.29, 1.82) is 0 Å². The summed E-state index contributed by atoms with van der Waals surface area (Å²) in [6.07, 6.45) is -0.481. The third-order valence-electron chi connectivity index (χ3n) is 0.574. The molecule has 72 valence electrons. The number of rotatable bonds is 1. The summed E-state index contributed by atoms with van der Waals surface area (Å²) >= 11 is 31.1. The van der Waals surface area contributed by atoms with Gasteiger partial charge in [-0.1, -0.05) is 34.8 Å². The smallest absolute Gasteiger partial charge is 0.340 e. The van der Waals surface area contributed by atoms with Crippen LogP contribution in [0.1, 0.15) is 6.42 Å². The Morgan fingerprint density at radius 2 is 1.50 bits per heavy atom. The standard InChI is InChI=1S/C4H2Cl6O2/c5-3(6,7)1-2(11)12-4(8,9)10/h1H2. The van der Waals surface area contributed by atoms with E-state index in [4.69, 9.17) is 69.6 Å². The highest BCUT2D eigenvalue weighted by atomic mass is 35.6. The first-order valence-corrected chi connectivity index (χ1v) is 4.72. The average Bonchev–Trinajstić information content (AvgIpc) is 1.49. The highest BCUT2D eigenvalue weighted by Crippen LogP contribution is 2.33. The summed E-state index contributed by atoms with van der Waals surface area (Å²) in [5, 5.41) is 0. The molecule has 0 aromatic heterocycles. The first-order chi connectivity index (χ1) is 5.10. The zero-order valence-electron chi connectivity index (χ0n) is 5.29. The molecule has 8 heteroatoms. The van der Waals surface area contributed by atoms with Gasteiger partial charge in [0.05, 0.1) is 6.42 Å². The maximum absolute atomic E-state index is 10.7. The Kier molecular flexibility index (Phi) is 5.09. The van der Waals surface area contributed by atoms with Gasteiger partial charge in [-0.15, -0.1) is 0 Å². The number of alkyl halides is 6. The van der Waals surface area contributed by atoms with E-state index in [2.05, 4.69) is 4.74 Å². The lowest BCUT2D eigenvalue weighted by Gasteiger charge is -2.14. The van der Waals surface area contributed by atoms with Crippen LogP contribution in [0.2, 0.25) is 0 Å². The normalized spacial score (nSPS) is 12.8. The molecule has 0 aliphatic heterocycles. The summed E-state index contributed by atoms with van der Waals surface area (Å²) in [6, 6.07) is 0. The van der Waals surface area contributed by atoms with Gasteiger partial charge in [-0.2, -0.15) is 0 Å². The van der Waals surface area contributed by atoms with E-state index < -0.39 is 20.2 Å². The Labute approximate surface area is 98.9 Å². The molecule has 0 heterocycles. The number of ether oxygens (including phenoxy) is 1. The summed E-state index contributed by atoms with van der Waals surface area (Å²) in [4.78, 5) is 10.7. The summed E-state index contributed by atoms with van der Waals surface area (Å²) < 4.78 is 0.357. The van der Waals surface area contributed by atoms with E-state index in [-0.39, 0.29) is 0 Å². The van der Waals surface area contributed by atoms with Crippen LogP contribution in [-0.4, -0.2) is 13.7 Å². The fraction of sp³-hybridized carbons (Fsp3) is 0.750. The second kappa shape index (κ2) is 4.63. The van der Waals surface area contributed by atoms with Crippen LogP contribution in [0.5, 0.6) is 0 Å². The van der Waals surface area contributed by atoms with Crippen molar-refractivity contribution in [3.8, 4) is 0 Å². The molecule has 0 aliphatic carbocycles. The third-order valence-corrected chi connectivity index (χ3v) is 1.21. The van der Waals surface area contributed by atoms with Gasteiger partial charge in [0.2, 0.25) is 3.79 Å². The van der Waals surface area contributed by atoms with E-state index in [1.807, 2.05) is 0 Å². The molecule has 0 aromatic carbocycles. The average molecular weight is 295 g/mol. The Hall–Kier alpha value is 1.21. The van der Waals surface area contributed by atoms with Crippen molar-refractivity contribution in [2.45, 2.75) is 14.2 Å². The molecule has 0 spiro atoms. The molecule has 0 fully saturated rings. The predicted octanol–water partition coefficient (Wildman–Crippen LogP) is 3.62. The molecule has 0 bridgehead atoms. The molecule has 0 aliphatic rings. The number of esters is 1. The molecule has 0 aromatic rings. The fourth-order valence-electron chi connectivity index (χ4n) is 0.329. The van der Waals surface area contributed by atoms with Crippen LogP contribution in [-0.2, 0) is 9.53 Å². The molecule has 0 rings (SSSR count). The minimum Gasteiger partial charge on any atom is -0.414 e. The largest absolute Gasteiger partial charge is 0.414 e. The lowest BCUT2D eigenvalue weighted by atomic mass is 10.5. The molecule has 0 amide bonds. The van der Waals surface area contributed by atoms with Crippen molar-refractivity contribution in [2.75, 3.05) is 0 Å². The molecule has 12 heavy (non-hydrogen) atoms. The Morgan fingerprint density at radius 3 is 1.75 bits per heavy atom. The van der Waals surface area contributed by atoms with Crippen LogP contribution in [0, 0.1) is 0 Å². The van der Waals surface area contributed by atoms with E-state index in [0.717, 1.165) is 0 Å². The molecule has 0 N–H and O–H groups in total. The van der Waals surface area contributed by atoms with Crippen molar-refractivity contribution in [2.24, 2.45) is 0 Å². The topological polar surface area (TPSA) is 26.3 Å². The van der Waals surface area contributed by atoms with Crippen LogP contribution in [0.3, 0.4) is 0 Å². The Morgan fingerprint density at radius 1 is 1.08 bits per heavy atom. The van der Waals surface area contributed by atoms with Crippen LogP contribution in [0.4, 0.5) is 0 Å². The fourth-order valence-corrected chi connectivity index (χ4v) is 0.914. The van der Waals surface area contributed by atoms with Crippen LogP contribution >= 0.6 is 69.6 Å². The first kappa shape index (κ1) is 13.2. The zero-order chi connectivity index (χ0) is 9.99. The van der Waals surface area contributed by atoms with Crippen molar-refractivity contribution in [1.82, 2.24) is 0 Å². The maximum atomic E-state index is 10.7. The molecule has 2 nitrogen and oxygen atoms in total. The third kappa shape index (κ3) is 9.30. The molecular formula is C4H2Cl6O2. The minimum absolute atomic E-state index is 0.481. The summed E-state index contributed by atoms with van der Waals surface area (Å²) in [5.74, 6) is -0.907. The second-order valence-corrected chi connectivity index (χ2v) is 6.41. The number of carbonyl (C=O) groups is 1. The number of hydrogen-bond donors (Lipinski definition) is 0. The van der Waals surface area contributed by atoms with E-state index in [1.54, 1.807) is 0 Å². The van der Waals surface area contributed by atoms with Gasteiger partial charge in [-0.05, 0) is 34.8 Å². The maximum Gasteiger partial charge on any atom is 0.340 e. The van der Waals surface area contributed by atoms with Crippen molar-refractivity contribution in [3.05, 3.63) is 0 Å². The number of carbonyl (C=O) groups excluding carboxylic acids is 1. The lowest BCUT2D eigenvalue weighted by Crippen LogP contribution is -2.20. The monoisotopic (exact) mass is 292 g/mol.